The van der Waals surface area contributed by atoms with Gasteiger partial charge in [0.05, 0.1) is 20.3 Å². The van der Waals surface area contributed by atoms with Crippen molar-refractivity contribution in [2.24, 2.45) is 5.11 Å². The van der Waals surface area contributed by atoms with Crippen LogP contribution >= 0.6 is 0 Å². The second-order valence-corrected chi connectivity index (χ2v) is 4.12. The number of carbonyl (C=O) groups excluding carboxylic acids is 1. The van der Waals surface area contributed by atoms with Gasteiger partial charge in [0, 0.05) is 4.91 Å². The summed E-state index contributed by atoms with van der Waals surface area (Å²) in [5, 5.41) is 3.11. The third kappa shape index (κ3) is 4.87. The van der Waals surface area contributed by atoms with Gasteiger partial charge in [0.1, 0.15) is 18.0 Å². The van der Waals surface area contributed by atoms with Crippen molar-refractivity contribution in [2.75, 3.05) is 13.7 Å². The van der Waals surface area contributed by atoms with Gasteiger partial charge in [0.2, 0.25) is 0 Å². The summed E-state index contributed by atoms with van der Waals surface area (Å²) in [4.78, 5) is 13.8. The molecule has 108 valence electrons. The summed E-state index contributed by atoms with van der Waals surface area (Å²) in [7, 11) is 1.56. The number of benzene rings is 1. The standard InChI is InChI=1S/C13H16FN3O3/c1-9(18)13(12(14)7-16-17-15)20-8-10-3-5-11(19-2)6-4-10/h3-6,12-13H,7-8H2,1-2H3. The molecule has 1 aromatic rings. The molecule has 0 bridgehead atoms. The Bertz CT molecular complexity index is 486. The summed E-state index contributed by atoms with van der Waals surface area (Å²) in [5.41, 5.74) is 8.93. The molecule has 20 heavy (non-hydrogen) atoms. The van der Waals surface area contributed by atoms with Crippen LogP contribution in [-0.2, 0) is 16.1 Å². The molecule has 2 atom stereocenters. The summed E-state index contributed by atoms with van der Waals surface area (Å²) >= 11 is 0. The number of rotatable bonds is 8. The van der Waals surface area contributed by atoms with Crippen LogP contribution in [0.25, 0.3) is 10.4 Å². The Morgan fingerprint density at radius 2 is 2.10 bits per heavy atom. The molecule has 0 radical (unpaired) electrons. The van der Waals surface area contributed by atoms with Crippen LogP contribution in [0.4, 0.5) is 4.39 Å². The Morgan fingerprint density at radius 1 is 1.45 bits per heavy atom. The predicted molar refractivity (Wildman–Crippen MR) is 71.2 cm³/mol. The fourth-order valence-corrected chi connectivity index (χ4v) is 1.59. The van der Waals surface area contributed by atoms with Crippen LogP contribution in [-0.4, -0.2) is 31.7 Å². The summed E-state index contributed by atoms with van der Waals surface area (Å²) < 4.78 is 24.0. The number of methoxy groups -OCH3 is 1. The number of hydrogen-bond donors (Lipinski definition) is 0. The maximum atomic E-state index is 13.7. The molecule has 7 heteroatoms. The van der Waals surface area contributed by atoms with Gasteiger partial charge in [-0.05, 0) is 30.2 Å². The van der Waals surface area contributed by atoms with Crippen LogP contribution in [0.3, 0.4) is 0 Å². The van der Waals surface area contributed by atoms with E-state index < -0.39 is 24.6 Å². The molecule has 0 aromatic heterocycles. The minimum Gasteiger partial charge on any atom is -0.497 e. The van der Waals surface area contributed by atoms with Gasteiger partial charge in [0.25, 0.3) is 0 Å². The van der Waals surface area contributed by atoms with Gasteiger partial charge in [-0.25, -0.2) is 4.39 Å². The first-order chi connectivity index (χ1) is 9.58. The molecule has 0 saturated carbocycles. The van der Waals surface area contributed by atoms with Gasteiger partial charge in [-0.15, -0.1) is 0 Å². The second kappa shape index (κ2) is 8.14. The highest BCUT2D eigenvalue weighted by atomic mass is 19.1. The van der Waals surface area contributed by atoms with Crippen LogP contribution in [0.15, 0.2) is 29.4 Å². The summed E-state index contributed by atoms with van der Waals surface area (Å²) in [6.45, 7) is 0.898. The molecule has 6 nitrogen and oxygen atoms in total. The molecule has 0 N–H and O–H groups in total. The van der Waals surface area contributed by atoms with E-state index in [9.17, 15) is 9.18 Å². The second-order valence-electron chi connectivity index (χ2n) is 4.12. The molecule has 1 rings (SSSR count). The summed E-state index contributed by atoms with van der Waals surface area (Å²) in [6, 6.07) is 7.01. The fraction of sp³-hybridized carbons (Fsp3) is 0.462. The summed E-state index contributed by atoms with van der Waals surface area (Å²) in [5.74, 6) is 0.253. The van der Waals surface area contributed by atoms with Gasteiger partial charge in [0.15, 0.2) is 5.78 Å². The van der Waals surface area contributed by atoms with E-state index in [4.69, 9.17) is 15.0 Å². The molecular weight excluding hydrogens is 265 g/mol. The number of ketones is 1. The third-order valence-electron chi connectivity index (χ3n) is 2.64. The van der Waals surface area contributed by atoms with E-state index in [1.807, 2.05) is 0 Å². The predicted octanol–water partition coefficient (Wildman–Crippen LogP) is 2.82. The van der Waals surface area contributed by atoms with Gasteiger partial charge < -0.3 is 9.47 Å². The van der Waals surface area contributed by atoms with E-state index in [0.29, 0.717) is 5.75 Å². The monoisotopic (exact) mass is 281 g/mol. The van der Waals surface area contributed by atoms with Gasteiger partial charge in [-0.2, -0.15) is 0 Å². The van der Waals surface area contributed by atoms with E-state index in [1.54, 1.807) is 31.4 Å². The molecular formula is C13H16FN3O3. The first-order valence-electron chi connectivity index (χ1n) is 5.98. The molecule has 0 heterocycles. The smallest absolute Gasteiger partial charge is 0.161 e. The number of ether oxygens (including phenoxy) is 2. The molecule has 0 aliphatic rings. The maximum absolute atomic E-state index is 13.7. The number of halogens is 1. The number of alkyl halides is 1. The number of azide groups is 1. The fourth-order valence-electron chi connectivity index (χ4n) is 1.59. The highest BCUT2D eigenvalue weighted by Gasteiger charge is 2.25. The lowest BCUT2D eigenvalue weighted by atomic mass is 10.1. The van der Waals surface area contributed by atoms with Crippen molar-refractivity contribution in [2.45, 2.75) is 25.8 Å². The minimum absolute atomic E-state index is 0.0882. The first-order valence-corrected chi connectivity index (χ1v) is 5.98. The molecule has 0 amide bonds. The van der Waals surface area contributed by atoms with E-state index in [2.05, 4.69) is 10.0 Å². The third-order valence-corrected chi connectivity index (χ3v) is 2.64. The van der Waals surface area contributed by atoms with Crippen molar-refractivity contribution in [3.63, 3.8) is 0 Å². The van der Waals surface area contributed by atoms with Crippen LogP contribution < -0.4 is 4.74 Å². The zero-order chi connectivity index (χ0) is 15.0. The zero-order valence-electron chi connectivity index (χ0n) is 11.3. The van der Waals surface area contributed by atoms with Crippen molar-refractivity contribution in [1.82, 2.24) is 0 Å². The first kappa shape index (κ1) is 15.9. The normalized spacial score (nSPS) is 13.2. The van der Waals surface area contributed by atoms with Gasteiger partial charge >= 0.3 is 0 Å². The quantitative estimate of drug-likeness (QED) is 0.417. The Labute approximate surface area is 116 Å². The number of Topliss-reactive ketones (excluding diaryl/α,β-unsaturated/α-hetero) is 1. The van der Waals surface area contributed by atoms with E-state index in [0.717, 1.165) is 5.56 Å². The van der Waals surface area contributed by atoms with Crippen molar-refractivity contribution >= 4 is 5.78 Å². The van der Waals surface area contributed by atoms with Crippen LogP contribution in [0.5, 0.6) is 5.75 Å². The molecule has 0 saturated heterocycles. The zero-order valence-corrected chi connectivity index (χ0v) is 11.3. The molecule has 1 aromatic carbocycles. The van der Waals surface area contributed by atoms with E-state index in [1.165, 1.54) is 6.92 Å². The Kier molecular flexibility index (Phi) is 6.49. The highest BCUT2D eigenvalue weighted by Crippen LogP contribution is 2.14. The highest BCUT2D eigenvalue weighted by molar-refractivity contribution is 5.81. The minimum atomic E-state index is -1.65. The van der Waals surface area contributed by atoms with Crippen LogP contribution in [0.2, 0.25) is 0 Å². The van der Waals surface area contributed by atoms with Crippen molar-refractivity contribution in [1.29, 1.82) is 0 Å². The average Bonchev–Trinajstić information content (AvgIpc) is 2.45. The maximum Gasteiger partial charge on any atom is 0.161 e. The Hall–Kier alpha value is -2.11. The molecule has 0 spiro atoms. The summed E-state index contributed by atoms with van der Waals surface area (Å²) in [6.07, 6.45) is -2.88. The van der Waals surface area contributed by atoms with Crippen LogP contribution in [0, 0.1) is 0 Å². The lowest BCUT2D eigenvalue weighted by Gasteiger charge is -2.18. The van der Waals surface area contributed by atoms with Gasteiger partial charge in [-0.1, -0.05) is 17.2 Å². The lowest BCUT2D eigenvalue weighted by molar-refractivity contribution is -0.133. The van der Waals surface area contributed by atoms with Gasteiger partial charge in [-0.3, -0.25) is 4.79 Å². The van der Waals surface area contributed by atoms with E-state index in [-0.39, 0.29) is 6.61 Å². The van der Waals surface area contributed by atoms with Crippen molar-refractivity contribution in [3.8, 4) is 5.75 Å². The van der Waals surface area contributed by atoms with Crippen molar-refractivity contribution in [3.05, 3.63) is 40.3 Å². The molecule has 0 aliphatic carbocycles. The number of nitrogens with zero attached hydrogens (tertiary/aromatic N) is 3. The average molecular weight is 281 g/mol. The van der Waals surface area contributed by atoms with Crippen LogP contribution in [0.1, 0.15) is 12.5 Å². The number of hydrogen-bond acceptors (Lipinski definition) is 4. The van der Waals surface area contributed by atoms with Crippen molar-refractivity contribution < 1.29 is 18.7 Å². The van der Waals surface area contributed by atoms with E-state index >= 15 is 0 Å². The largest absolute Gasteiger partial charge is 0.497 e. The number of carbonyl (C=O) groups is 1. The Balaban J connectivity index is 2.61. The lowest BCUT2D eigenvalue weighted by Crippen LogP contribution is -2.34. The Morgan fingerprint density at radius 3 is 2.60 bits per heavy atom. The topological polar surface area (TPSA) is 84.3 Å². The molecule has 0 fully saturated rings. The SMILES string of the molecule is COc1ccc(COC(C(C)=O)C(F)CN=[N+]=[N-])cc1. The molecule has 0 aliphatic heterocycles. The molecule has 2 unspecified atom stereocenters.